The second-order valence-corrected chi connectivity index (χ2v) is 8.39. The van der Waals surface area contributed by atoms with E-state index in [-0.39, 0.29) is 17.4 Å². The molecule has 1 N–H and O–H groups in total. The summed E-state index contributed by atoms with van der Waals surface area (Å²) in [5.41, 5.74) is 1.13. The molecule has 0 saturated heterocycles. The van der Waals surface area contributed by atoms with E-state index < -0.39 is 5.82 Å². The van der Waals surface area contributed by atoms with Gasteiger partial charge in [0.2, 0.25) is 5.91 Å². The molecule has 1 aromatic heterocycles. The third-order valence-corrected chi connectivity index (χ3v) is 5.98. The van der Waals surface area contributed by atoms with E-state index in [9.17, 15) is 14.0 Å². The zero-order chi connectivity index (χ0) is 22.4. The van der Waals surface area contributed by atoms with Crippen molar-refractivity contribution < 1.29 is 14.0 Å². The minimum Gasteiger partial charge on any atom is -0.356 e. The van der Waals surface area contributed by atoms with Gasteiger partial charge in [0.25, 0.3) is 0 Å². The lowest BCUT2D eigenvalue weighted by Crippen LogP contribution is -2.21. The van der Waals surface area contributed by atoms with Gasteiger partial charge in [0.15, 0.2) is 10.9 Å². The molecule has 0 unspecified atom stereocenters. The summed E-state index contributed by atoms with van der Waals surface area (Å²) >= 11 is 13.5. The van der Waals surface area contributed by atoms with Crippen LogP contribution in [0.2, 0.25) is 10.0 Å². The van der Waals surface area contributed by atoms with E-state index in [1.807, 2.05) is 4.57 Å². The maximum atomic E-state index is 13.1. The second kappa shape index (κ2) is 10.7. The Kier molecular flexibility index (Phi) is 8.06. The number of rotatable bonds is 9. The number of hydrogen-bond acceptors (Lipinski definition) is 5. The lowest BCUT2D eigenvalue weighted by atomic mass is 10.1. The molecule has 0 atom stereocenters. The Balaban J connectivity index is 1.81. The molecule has 1 heterocycles. The molecular weight excluding hydrogens is 462 g/mol. The minimum atomic E-state index is -0.396. The van der Waals surface area contributed by atoms with Crippen LogP contribution in [0, 0.1) is 5.82 Å². The van der Waals surface area contributed by atoms with E-state index in [0.29, 0.717) is 51.7 Å². The maximum Gasteiger partial charge on any atom is 0.216 e. The Bertz CT molecular complexity index is 1090. The van der Waals surface area contributed by atoms with Crippen molar-refractivity contribution in [3.63, 3.8) is 0 Å². The van der Waals surface area contributed by atoms with Gasteiger partial charge in [-0.3, -0.25) is 14.2 Å². The lowest BCUT2D eigenvalue weighted by Gasteiger charge is -2.11. The maximum absolute atomic E-state index is 13.1. The highest BCUT2D eigenvalue weighted by Crippen LogP contribution is 2.28. The Hall–Kier alpha value is -2.42. The number of amides is 1. The summed E-state index contributed by atoms with van der Waals surface area (Å²) in [6, 6.07) is 10.6. The van der Waals surface area contributed by atoms with Gasteiger partial charge >= 0.3 is 0 Å². The Morgan fingerprint density at radius 3 is 2.52 bits per heavy atom. The van der Waals surface area contributed by atoms with E-state index in [1.54, 1.807) is 18.2 Å². The van der Waals surface area contributed by atoms with Crippen molar-refractivity contribution in [2.45, 2.75) is 24.9 Å². The average Bonchev–Trinajstić information content (AvgIpc) is 3.14. The van der Waals surface area contributed by atoms with E-state index in [4.69, 9.17) is 23.2 Å². The van der Waals surface area contributed by atoms with E-state index >= 15 is 0 Å². The third-order valence-electron chi connectivity index (χ3n) is 4.31. The SMILES string of the molecule is CC(=O)NCCCc1nnc(SCC(=O)c2ccc(F)cc2)n1-c1ccc(Cl)c(Cl)c1. The topological polar surface area (TPSA) is 76.9 Å². The molecule has 10 heteroatoms. The molecule has 0 aliphatic rings. The largest absolute Gasteiger partial charge is 0.356 e. The summed E-state index contributed by atoms with van der Waals surface area (Å²) in [7, 11) is 0. The van der Waals surface area contributed by atoms with E-state index in [1.165, 1.54) is 43.0 Å². The molecule has 0 radical (unpaired) electrons. The van der Waals surface area contributed by atoms with Crippen molar-refractivity contribution in [1.29, 1.82) is 0 Å². The molecular formula is C21H19Cl2FN4O2S. The number of thioether (sulfide) groups is 1. The van der Waals surface area contributed by atoms with Gasteiger partial charge in [-0.05, 0) is 48.9 Å². The summed E-state index contributed by atoms with van der Waals surface area (Å²) in [5.74, 6) is 0.132. The zero-order valence-corrected chi connectivity index (χ0v) is 18.9. The molecule has 2 aromatic carbocycles. The van der Waals surface area contributed by atoms with Crippen LogP contribution in [0.5, 0.6) is 0 Å². The number of benzene rings is 2. The van der Waals surface area contributed by atoms with Crippen LogP contribution in [0.3, 0.4) is 0 Å². The highest BCUT2D eigenvalue weighted by Gasteiger charge is 2.17. The number of carbonyl (C=O) groups excluding carboxylic acids is 2. The van der Waals surface area contributed by atoms with Gasteiger partial charge in [0, 0.05) is 25.5 Å². The van der Waals surface area contributed by atoms with Gasteiger partial charge in [-0.25, -0.2) is 4.39 Å². The third kappa shape index (κ3) is 6.29. The van der Waals surface area contributed by atoms with Crippen molar-refractivity contribution in [3.8, 4) is 5.69 Å². The number of carbonyl (C=O) groups is 2. The van der Waals surface area contributed by atoms with Crippen molar-refractivity contribution >= 4 is 46.7 Å². The molecule has 31 heavy (non-hydrogen) atoms. The van der Waals surface area contributed by atoms with Crippen LogP contribution >= 0.6 is 35.0 Å². The molecule has 0 spiro atoms. The number of aryl methyl sites for hydroxylation is 1. The molecule has 0 saturated carbocycles. The van der Waals surface area contributed by atoms with Crippen molar-refractivity contribution in [2.75, 3.05) is 12.3 Å². The fourth-order valence-corrected chi connectivity index (χ4v) is 3.96. The zero-order valence-electron chi connectivity index (χ0n) is 16.6. The van der Waals surface area contributed by atoms with Crippen LogP contribution in [0.25, 0.3) is 5.69 Å². The summed E-state index contributed by atoms with van der Waals surface area (Å²) < 4.78 is 14.9. The smallest absolute Gasteiger partial charge is 0.216 e. The molecule has 0 fully saturated rings. The van der Waals surface area contributed by atoms with Crippen LogP contribution < -0.4 is 5.32 Å². The summed E-state index contributed by atoms with van der Waals surface area (Å²) in [6.45, 7) is 1.97. The molecule has 1 amide bonds. The van der Waals surface area contributed by atoms with Gasteiger partial charge in [0.05, 0.1) is 21.5 Å². The normalized spacial score (nSPS) is 10.8. The Morgan fingerprint density at radius 2 is 1.84 bits per heavy atom. The number of halogens is 3. The molecule has 0 aliphatic carbocycles. The number of nitrogens with zero attached hydrogens (tertiary/aromatic N) is 3. The van der Waals surface area contributed by atoms with Crippen LogP contribution in [0.15, 0.2) is 47.6 Å². The number of nitrogens with one attached hydrogen (secondary N) is 1. The predicted octanol–water partition coefficient (Wildman–Crippen LogP) is 4.76. The van der Waals surface area contributed by atoms with Gasteiger partial charge < -0.3 is 5.32 Å². The monoisotopic (exact) mass is 480 g/mol. The fourth-order valence-electron chi connectivity index (χ4n) is 2.80. The van der Waals surface area contributed by atoms with E-state index in [2.05, 4.69) is 15.5 Å². The predicted molar refractivity (Wildman–Crippen MR) is 120 cm³/mol. The fraction of sp³-hybridized carbons (Fsp3) is 0.238. The molecule has 162 valence electrons. The average molecular weight is 481 g/mol. The Labute approximate surface area is 193 Å². The van der Waals surface area contributed by atoms with Crippen molar-refractivity contribution in [2.24, 2.45) is 0 Å². The standard InChI is InChI=1S/C21H19Cl2FN4O2S/c1-13(29)25-10-2-3-20-26-27-21(28(20)16-8-9-17(22)18(23)11-16)31-12-19(30)14-4-6-15(24)7-5-14/h4-9,11H,2-3,10,12H2,1H3,(H,25,29). The van der Waals surface area contributed by atoms with Crippen LogP contribution in [-0.4, -0.2) is 38.8 Å². The molecule has 0 aliphatic heterocycles. The van der Waals surface area contributed by atoms with Crippen molar-refractivity contribution in [1.82, 2.24) is 20.1 Å². The highest BCUT2D eigenvalue weighted by molar-refractivity contribution is 7.99. The van der Waals surface area contributed by atoms with Gasteiger partial charge in [-0.15, -0.1) is 10.2 Å². The highest BCUT2D eigenvalue weighted by atomic mass is 35.5. The molecule has 3 rings (SSSR count). The van der Waals surface area contributed by atoms with Gasteiger partial charge in [0.1, 0.15) is 11.6 Å². The first kappa shape index (κ1) is 23.2. The Morgan fingerprint density at radius 1 is 1.10 bits per heavy atom. The van der Waals surface area contributed by atoms with Gasteiger partial charge in [-0.2, -0.15) is 0 Å². The number of Topliss-reactive ketones (excluding diaryl/α,β-unsaturated/α-hetero) is 1. The van der Waals surface area contributed by atoms with Crippen LogP contribution in [0.1, 0.15) is 29.5 Å². The first-order chi connectivity index (χ1) is 14.8. The van der Waals surface area contributed by atoms with Crippen LogP contribution in [0.4, 0.5) is 4.39 Å². The molecule has 0 bridgehead atoms. The number of ketones is 1. The van der Waals surface area contributed by atoms with E-state index in [0.717, 1.165) is 0 Å². The molecule has 3 aromatic rings. The lowest BCUT2D eigenvalue weighted by molar-refractivity contribution is -0.118. The second-order valence-electron chi connectivity index (χ2n) is 6.64. The first-order valence-electron chi connectivity index (χ1n) is 9.41. The molecule has 6 nitrogen and oxygen atoms in total. The number of aromatic nitrogens is 3. The summed E-state index contributed by atoms with van der Waals surface area (Å²) in [4.78, 5) is 23.6. The van der Waals surface area contributed by atoms with Crippen molar-refractivity contribution in [3.05, 3.63) is 69.7 Å². The summed E-state index contributed by atoms with van der Waals surface area (Å²) in [6.07, 6.45) is 1.22. The first-order valence-corrected chi connectivity index (χ1v) is 11.1. The quantitative estimate of drug-likeness (QED) is 0.271. The van der Waals surface area contributed by atoms with Crippen LogP contribution in [-0.2, 0) is 11.2 Å². The van der Waals surface area contributed by atoms with Gasteiger partial charge in [-0.1, -0.05) is 35.0 Å². The number of hydrogen-bond donors (Lipinski definition) is 1. The summed E-state index contributed by atoms with van der Waals surface area (Å²) in [5, 5.41) is 12.6. The minimum absolute atomic E-state index is 0.0958.